The Kier molecular flexibility index (Phi) is 17.1. The van der Waals surface area contributed by atoms with Crippen molar-refractivity contribution in [2.45, 2.75) is 72.1 Å². The van der Waals surface area contributed by atoms with Crippen LogP contribution >= 0.6 is 0 Å². The number of carbonyl (C=O) groups is 3. The van der Waals surface area contributed by atoms with Crippen LogP contribution in [0, 0.1) is 41.4 Å². The van der Waals surface area contributed by atoms with Gasteiger partial charge in [0.1, 0.15) is 6.10 Å². The van der Waals surface area contributed by atoms with Crippen molar-refractivity contribution in [2.24, 2.45) is 17.8 Å². The van der Waals surface area contributed by atoms with Gasteiger partial charge in [0.15, 0.2) is 17.3 Å². The Morgan fingerprint density at radius 3 is 2.49 bits per heavy atom. The van der Waals surface area contributed by atoms with Gasteiger partial charge in [-0.2, -0.15) is 0 Å². The van der Waals surface area contributed by atoms with E-state index in [9.17, 15) is 19.5 Å². The van der Waals surface area contributed by atoms with Crippen LogP contribution in [0.25, 0.3) is 27.4 Å². The van der Waals surface area contributed by atoms with Crippen molar-refractivity contribution in [3.05, 3.63) is 113 Å². The smallest absolute Gasteiger partial charge is 0.411 e. The number of ether oxygens (including phenoxy) is 4. The molecule has 0 fully saturated rings. The number of alkyl carbamates (subject to hydrolysis) is 1. The van der Waals surface area contributed by atoms with Gasteiger partial charge >= 0.3 is 6.09 Å². The number of methoxy groups -OCH3 is 1. The molecule has 2 amide bonds. The van der Waals surface area contributed by atoms with Crippen molar-refractivity contribution in [2.75, 3.05) is 50.8 Å². The molecule has 14 heteroatoms. The summed E-state index contributed by atoms with van der Waals surface area (Å²) in [6.07, 6.45) is 7.18. The minimum Gasteiger partial charge on any atom is -0.489 e. The molecule has 12 nitrogen and oxygen atoms in total. The number of benzene rings is 3. The Labute approximate surface area is 412 Å². The van der Waals surface area contributed by atoms with E-state index in [1.54, 1.807) is 31.2 Å². The maximum atomic E-state index is 14.5. The van der Waals surface area contributed by atoms with E-state index >= 15 is 0 Å². The number of hydrogen-bond donors (Lipinski definition) is 3. The molecule has 7 rings (SSSR count). The number of nitrogens with zero attached hydrogens (tertiary/aromatic N) is 2. The molecule has 0 bridgehead atoms. The molecular formula is C55H60N4O8S2. The predicted molar refractivity (Wildman–Crippen MR) is 277 cm³/mol. The lowest BCUT2D eigenvalue weighted by Crippen LogP contribution is -2.39. The predicted octanol–water partition coefficient (Wildman–Crippen LogP) is 8.69. The molecule has 1 aliphatic carbocycles. The lowest BCUT2D eigenvalue weighted by molar-refractivity contribution is -0.118. The van der Waals surface area contributed by atoms with Crippen molar-refractivity contribution in [1.82, 2.24) is 15.2 Å². The number of rotatable bonds is 16. The Balaban J connectivity index is 1.11. The second kappa shape index (κ2) is 23.3. The van der Waals surface area contributed by atoms with Gasteiger partial charge in [0.25, 0.3) is 5.91 Å². The van der Waals surface area contributed by atoms with Crippen LogP contribution in [0.3, 0.4) is 0 Å². The van der Waals surface area contributed by atoms with E-state index in [4.69, 9.17) is 35.1 Å². The molecule has 0 saturated heterocycles. The average Bonchev–Trinajstić information content (AvgIpc) is 3.73. The first-order valence-corrected chi connectivity index (χ1v) is 26.0. The van der Waals surface area contributed by atoms with Gasteiger partial charge in [-0.3, -0.25) is 14.9 Å². The fourth-order valence-corrected chi connectivity index (χ4v) is 8.85. The summed E-state index contributed by atoms with van der Waals surface area (Å²) in [4.78, 5) is 47.2. The highest BCUT2D eigenvalue weighted by Gasteiger charge is 2.37. The molecule has 3 aliphatic rings. The number of hydrogen-bond acceptors (Lipinski definition) is 11. The maximum absolute atomic E-state index is 14.5. The van der Waals surface area contributed by atoms with Gasteiger partial charge in [-0.1, -0.05) is 99.5 Å². The second-order valence-corrected chi connectivity index (χ2v) is 21.0. The fourth-order valence-electron chi connectivity index (χ4n) is 8.23. The number of carbonyl (C=O) groups excluding carboxylic acids is 3. The largest absolute Gasteiger partial charge is 0.489 e. The van der Waals surface area contributed by atoms with Gasteiger partial charge in [0.2, 0.25) is 0 Å². The van der Waals surface area contributed by atoms with Crippen molar-refractivity contribution >= 4 is 71.5 Å². The van der Waals surface area contributed by atoms with Crippen LogP contribution in [0.15, 0.2) is 102 Å². The number of allylic oxidation sites excluding steroid dienone is 3. The third kappa shape index (κ3) is 12.3. The lowest BCUT2D eigenvalue weighted by atomic mass is 9.84. The van der Waals surface area contributed by atoms with Gasteiger partial charge in [0, 0.05) is 47.3 Å². The highest BCUT2D eigenvalue weighted by molar-refractivity contribution is 8.28. The van der Waals surface area contributed by atoms with E-state index in [1.807, 2.05) is 55.5 Å². The first kappa shape index (κ1) is 50.6. The zero-order valence-corrected chi connectivity index (χ0v) is 41.9. The highest BCUT2D eigenvalue weighted by Crippen LogP contribution is 2.41. The standard InChI is InChI=1S/C55H60N4O8S2/c1-8-10-11-12-13-18-49(52-42(21-22-69(7)68)47(60)28-48(61)53(52)58-55(63)64-6)66-32-35(4)36(5)33-67-51-27-46-43(26-50(51)65-31-34(3)9-2)54(62)59-30-40(24-41(59)29-56-46)37-19-20-39-23-38-16-14-15-17-44(38)57-45(39)25-37/h11-12,14-17,19-21,23,25-27,30,34-36,41,47,49,56,60H,9,22,24,28-29,31-33H2,1-7H3,(H,58,63)/b12-11-,42-21-/t34?,35?,36?,41?,47-,49-,69?/m0/s1. The molecule has 3 N–H and O–H groups in total. The summed E-state index contributed by atoms with van der Waals surface area (Å²) in [7, 11) is 0.766. The summed E-state index contributed by atoms with van der Waals surface area (Å²) in [5.74, 6) is 12.6. The van der Waals surface area contributed by atoms with E-state index in [2.05, 4.69) is 78.5 Å². The average molecular weight is 969 g/mol. The maximum Gasteiger partial charge on any atom is 0.411 e. The number of nitrogens with one attached hydrogen (secondary N) is 2. The highest BCUT2D eigenvalue weighted by atomic mass is 32.8. The van der Waals surface area contributed by atoms with E-state index in [0.717, 1.165) is 39.4 Å². The molecular weight excluding hydrogens is 909 g/mol. The van der Waals surface area contributed by atoms with Gasteiger partial charge < -0.3 is 34.3 Å². The number of para-hydroxylation sites is 1. The third-order valence-corrected chi connectivity index (χ3v) is 13.8. The zero-order chi connectivity index (χ0) is 49.2. The fraction of sp³-hybridized carbons (Fsp3) is 0.382. The Bertz CT molecular complexity index is 2900. The second-order valence-electron chi connectivity index (χ2n) is 17.8. The van der Waals surface area contributed by atoms with Gasteiger partial charge in [-0.05, 0) is 90.5 Å². The molecule has 4 aromatic rings. The molecule has 5 unspecified atom stereocenters. The number of aliphatic hydroxyl groups excluding tert-OH is 1. The zero-order valence-electron chi connectivity index (χ0n) is 40.2. The molecule has 0 spiro atoms. The minimum absolute atomic E-state index is 0.0482. The topological polar surface area (TPSA) is 149 Å². The van der Waals surface area contributed by atoms with Crippen LogP contribution in [0.4, 0.5) is 10.5 Å². The SMILES string of the molecule is CC#C/C=C\C#C[C@H](OCC(C)C(C)COc1cc2c(cc1OCC(C)CC)C(=O)N1C=C(c3ccc4cc5ccccc5nc4c3)CC1CN2)C1=C(NC(=O)OC)C(=O)C[C@H](O)/C1=C/CS(C)=S. The number of aliphatic hydroxyl groups is 1. The Morgan fingerprint density at radius 2 is 1.72 bits per heavy atom. The quantitative estimate of drug-likeness (QED) is 0.0732. The van der Waals surface area contributed by atoms with E-state index in [-0.39, 0.29) is 60.6 Å². The lowest BCUT2D eigenvalue weighted by Gasteiger charge is -2.30. The van der Waals surface area contributed by atoms with E-state index in [1.165, 1.54) is 7.11 Å². The van der Waals surface area contributed by atoms with Crippen LogP contribution in [-0.4, -0.2) is 96.5 Å². The molecule has 3 heterocycles. The van der Waals surface area contributed by atoms with Gasteiger partial charge in [-0.15, -0.1) is 15.4 Å². The summed E-state index contributed by atoms with van der Waals surface area (Å²) in [6, 6.07) is 20.2. The van der Waals surface area contributed by atoms with Crippen LogP contribution in [-0.2, 0) is 34.9 Å². The number of fused-ring (bicyclic) bond motifs is 4. The third-order valence-electron chi connectivity index (χ3n) is 12.7. The summed E-state index contributed by atoms with van der Waals surface area (Å²) < 4.78 is 24.4. The number of Topliss-reactive ketones (excluding diaryl/α,β-unsaturated/α-hetero) is 1. The van der Waals surface area contributed by atoms with Gasteiger partial charge in [-0.25, -0.2) is 9.78 Å². The van der Waals surface area contributed by atoms with Crippen LogP contribution in [0.5, 0.6) is 11.5 Å². The summed E-state index contributed by atoms with van der Waals surface area (Å²) in [5, 5.41) is 19.5. The van der Waals surface area contributed by atoms with Gasteiger partial charge in [0.05, 0.1) is 67.1 Å². The first-order valence-electron chi connectivity index (χ1n) is 23.3. The molecule has 360 valence electrons. The van der Waals surface area contributed by atoms with E-state index < -0.39 is 33.5 Å². The van der Waals surface area contributed by atoms with Crippen molar-refractivity contribution in [3.63, 3.8) is 0 Å². The Hall–Kier alpha value is -6.29. The molecule has 7 atom stereocenters. The Morgan fingerprint density at radius 1 is 0.986 bits per heavy atom. The monoisotopic (exact) mass is 968 g/mol. The summed E-state index contributed by atoms with van der Waals surface area (Å²) in [6.45, 7) is 11.5. The van der Waals surface area contributed by atoms with Crippen LogP contribution < -0.4 is 20.1 Å². The van der Waals surface area contributed by atoms with E-state index in [0.29, 0.717) is 53.6 Å². The van der Waals surface area contributed by atoms with Crippen molar-refractivity contribution in [1.29, 1.82) is 0 Å². The summed E-state index contributed by atoms with van der Waals surface area (Å²) >= 11 is 5.46. The molecule has 1 aromatic heterocycles. The molecule has 3 aromatic carbocycles. The minimum atomic E-state index is -1.16. The summed E-state index contributed by atoms with van der Waals surface area (Å²) in [5.41, 5.74) is 5.77. The first-order chi connectivity index (χ1) is 33.3. The van der Waals surface area contributed by atoms with Crippen LogP contribution in [0.2, 0.25) is 0 Å². The molecule has 0 saturated carbocycles. The number of ketones is 1. The van der Waals surface area contributed by atoms with Crippen LogP contribution in [0.1, 0.15) is 69.8 Å². The number of anilines is 1. The molecule has 0 radical (unpaired) electrons. The normalized spacial score (nSPS) is 19.5. The molecule has 69 heavy (non-hydrogen) atoms. The van der Waals surface area contributed by atoms with Crippen molar-refractivity contribution < 1.29 is 38.4 Å². The number of aromatic nitrogens is 1. The number of amides is 2. The molecule has 2 aliphatic heterocycles. The van der Waals surface area contributed by atoms with Crippen molar-refractivity contribution in [3.8, 4) is 35.2 Å². The number of pyridine rings is 1.